The van der Waals surface area contributed by atoms with Crippen LogP contribution in [0.1, 0.15) is 0 Å². The topological polar surface area (TPSA) is 95.7 Å². The van der Waals surface area contributed by atoms with Crippen molar-refractivity contribution in [2.45, 2.75) is 0 Å². The zero-order valence-electron chi connectivity index (χ0n) is 33.5. The molecule has 0 spiro atoms. The van der Waals surface area contributed by atoms with Gasteiger partial charge in [-0.15, -0.1) is 0 Å². The van der Waals surface area contributed by atoms with Crippen molar-refractivity contribution in [3.63, 3.8) is 0 Å². The van der Waals surface area contributed by atoms with Crippen molar-refractivity contribution in [1.29, 1.82) is 0 Å². The van der Waals surface area contributed by atoms with E-state index in [1.54, 1.807) is 0 Å². The Morgan fingerprint density at radius 2 is 0.746 bits per heavy atom. The second kappa shape index (κ2) is 13.9. The van der Waals surface area contributed by atoms with Gasteiger partial charge in [0.05, 0.1) is 16.7 Å². The van der Waals surface area contributed by atoms with Crippen LogP contribution in [0, 0.1) is 0 Å². The Hall–Kier alpha value is -8.75. The first kappa shape index (κ1) is 35.0. The molecule has 0 N–H and O–H groups in total. The van der Waals surface area contributed by atoms with Gasteiger partial charge in [-0.3, -0.25) is 0 Å². The summed E-state index contributed by atoms with van der Waals surface area (Å²) < 4.78 is 14.5. The fourth-order valence-electron chi connectivity index (χ4n) is 8.82. The summed E-state index contributed by atoms with van der Waals surface area (Å²) >= 11 is 0. The number of oxazole rings is 2. The molecule has 294 valence electrons. The summed E-state index contributed by atoms with van der Waals surface area (Å²) in [6.45, 7) is 0. The predicted molar refractivity (Wildman–Crippen MR) is 251 cm³/mol. The Morgan fingerprint density at radius 3 is 1.27 bits per heavy atom. The summed E-state index contributed by atoms with van der Waals surface area (Å²) in [5, 5.41) is 6.56. The number of hydrogen-bond acceptors (Lipinski definition) is 7. The molecule has 0 bridgehead atoms. The van der Waals surface area contributed by atoms with Crippen LogP contribution in [0.4, 0.5) is 0 Å². The summed E-state index contributed by atoms with van der Waals surface area (Å²) in [4.78, 5) is 25.2. The van der Waals surface area contributed by atoms with E-state index in [0.717, 1.165) is 88.3 Å². The number of benzene rings is 9. The van der Waals surface area contributed by atoms with Crippen molar-refractivity contribution in [2.75, 3.05) is 0 Å². The van der Waals surface area contributed by atoms with E-state index in [1.165, 1.54) is 10.8 Å². The van der Waals surface area contributed by atoms with Crippen molar-refractivity contribution < 1.29 is 8.83 Å². The van der Waals surface area contributed by atoms with Crippen molar-refractivity contribution in [2.24, 2.45) is 0 Å². The van der Waals surface area contributed by atoms with Crippen LogP contribution in [0.15, 0.2) is 203 Å². The molecule has 4 aromatic heterocycles. The van der Waals surface area contributed by atoms with Gasteiger partial charge in [0.1, 0.15) is 11.0 Å². The lowest BCUT2D eigenvalue weighted by atomic mass is 10.0. The van der Waals surface area contributed by atoms with Crippen LogP contribution in [-0.2, 0) is 0 Å². The third-order valence-electron chi connectivity index (χ3n) is 11.9. The fraction of sp³-hybridized carbons (Fsp3) is 0. The van der Waals surface area contributed by atoms with E-state index in [0.29, 0.717) is 29.3 Å². The van der Waals surface area contributed by atoms with E-state index in [1.807, 2.05) is 66.7 Å². The summed E-state index contributed by atoms with van der Waals surface area (Å²) in [5.41, 5.74) is 10.9. The van der Waals surface area contributed by atoms with Gasteiger partial charge in [-0.1, -0.05) is 109 Å². The van der Waals surface area contributed by atoms with Gasteiger partial charge in [0.15, 0.2) is 28.6 Å². The SMILES string of the molecule is c1ccc(-n2c3ccccc3c3ccccc32)c(-c2nc(-c3ccc4cc(-c5nc6ccccc6o5)ccc4c3)nc(-c3ccc4cc(-c5nc6ccccc6o5)ccc4c3)n2)c1. The average Bonchev–Trinajstić information content (AvgIpc) is 4.08. The fourth-order valence-corrected chi connectivity index (χ4v) is 8.82. The maximum absolute atomic E-state index is 6.11. The lowest BCUT2D eigenvalue weighted by molar-refractivity contribution is 0.619. The summed E-state index contributed by atoms with van der Waals surface area (Å²) in [7, 11) is 0. The molecule has 0 aliphatic heterocycles. The van der Waals surface area contributed by atoms with Crippen LogP contribution in [0.2, 0.25) is 0 Å². The maximum Gasteiger partial charge on any atom is 0.227 e. The Balaban J connectivity index is 0.962. The van der Waals surface area contributed by atoms with E-state index in [2.05, 4.69) is 132 Å². The highest BCUT2D eigenvalue weighted by Crippen LogP contribution is 2.37. The van der Waals surface area contributed by atoms with Gasteiger partial charge in [0.25, 0.3) is 0 Å². The van der Waals surface area contributed by atoms with Gasteiger partial charge in [0.2, 0.25) is 11.8 Å². The Bertz CT molecular complexity index is 3660. The van der Waals surface area contributed by atoms with Gasteiger partial charge in [0, 0.05) is 38.6 Å². The number of rotatable bonds is 6. The molecule has 0 atom stereocenters. The quantitative estimate of drug-likeness (QED) is 0.165. The van der Waals surface area contributed by atoms with Gasteiger partial charge in [-0.05, 0) is 106 Å². The number of aromatic nitrogens is 6. The number of para-hydroxylation sites is 7. The standard InChI is InChI=1S/C55H32N6O2/c1-6-16-46-41(11-1)42-12-2-7-17-47(42)61(46)48-18-8-3-13-43(48)53-59-51(37-25-21-35-31-39(27-23-33(35)29-37)54-56-44-14-4-9-19-49(44)62-54)58-52(60-53)38-26-22-36-32-40(28-24-34(36)30-38)55-57-45-15-5-10-20-50(45)63-55/h1-32H. The summed E-state index contributed by atoms with van der Waals surface area (Å²) in [6, 6.07) is 66.3. The molecule has 9 aromatic carbocycles. The molecule has 8 heteroatoms. The monoisotopic (exact) mass is 808 g/mol. The Kier molecular flexibility index (Phi) is 7.74. The van der Waals surface area contributed by atoms with Crippen molar-refractivity contribution in [1.82, 2.24) is 29.5 Å². The van der Waals surface area contributed by atoms with E-state index in [4.69, 9.17) is 33.8 Å². The molecule has 0 saturated heterocycles. The normalized spacial score (nSPS) is 11.8. The molecule has 0 aliphatic rings. The van der Waals surface area contributed by atoms with Crippen molar-refractivity contribution >= 4 is 65.6 Å². The first-order valence-corrected chi connectivity index (χ1v) is 20.8. The number of fused-ring (bicyclic) bond motifs is 7. The van der Waals surface area contributed by atoms with Crippen LogP contribution in [0.5, 0.6) is 0 Å². The molecule has 8 nitrogen and oxygen atoms in total. The molecule has 0 saturated carbocycles. The average molecular weight is 809 g/mol. The Morgan fingerprint density at radius 1 is 0.333 bits per heavy atom. The first-order chi connectivity index (χ1) is 31.2. The maximum atomic E-state index is 6.11. The smallest absolute Gasteiger partial charge is 0.227 e. The molecule has 0 unspecified atom stereocenters. The van der Waals surface area contributed by atoms with Gasteiger partial charge in [-0.25, -0.2) is 24.9 Å². The lowest BCUT2D eigenvalue weighted by Crippen LogP contribution is -2.03. The Labute approximate surface area is 359 Å². The molecule has 13 aromatic rings. The molecule has 13 rings (SSSR count). The number of nitrogens with zero attached hydrogens (tertiary/aromatic N) is 6. The second-order valence-electron chi connectivity index (χ2n) is 15.7. The van der Waals surface area contributed by atoms with Crippen LogP contribution in [0.3, 0.4) is 0 Å². The minimum absolute atomic E-state index is 0.573. The minimum atomic E-state index is 0.573. The van der Waals surface area contributed by atoms with Crippen LogP contribution >= 0.6 is 0 Å². The molecule has 4 heterocycles. The second-order valence-corrected chi connectivity index (χ2v) is 15.7. The van der Waals surface area contributed by atoms with E-state index in [-0.39, 0.29) is 0 Å². The third-order valence-corrected chi connectivity index (χ3v) is 11.9. The lowest BCUT2D eigenvalue weighted by Gasteiger charge is -2.15. The van der Waals surface area contributed by atoms with Crippen molar-refractivity contribution in [3.05, 3.63) is 194 Å². The summed E-state index contributed by atoms with van der Waals surface area (Å²) in [6.07, 6.45) is 0. The molecular weight excluding hydrogens is 777 g/mol. The summed E-state index contributed by atoms with van der Waals surface area (Å²) in [5.74, 6) is 2.90. The molecule has 0 radical (unpaired) electrons. The highest BCUT2D eigenvalue weighted by atomic mass is 16.4. The molecular formula is C55H32N6O2. The van der Waals surface area contributed by atoms with Gasteiger partial charge >= 0.3 is 0 Å². The van der Waals surface area contributed by atoms with E-state index >= 15 is 0 Å². The van der Waals surface area contributed by atoms with Gasteiger partial charge < -0.3 is 13.4 Å². The zero-order chi connectivity index (χ0) is 41.4. The predicted octanol–water partition coefficient (Wildman–Crippen LogP) is 13.9. The largest absolute Gasteiger partial charge is 0.436 e. The highest BCUT2D eigenvalue weighted by molar-refractivity contribution is 6.09. The van der Waals surface area contributed by atoms with E-state index in [9.17, 15) is 0 Å². The molecule has 0 aliphatic carbocycles. The van der Waals surface area contributed by atoms with Crippen molar-refractivity contribution in [3.8, 4) is 62.8 Å². The van der Waals surface area contributed by atoms with Gasteiger partial charge in [-0.2, -0.15) is 0 Å². The van der Waals surface area contributed by atoms with E-state index < -0.39 is 0 Å². The molecule has 0 fully saturated rings. The number of hydrogen-bond donors (Lipinski definition) is 0. The zero-order valence-corrected chi connectivity index (χ0v) is 33.5. The first-order valence-electron chi connectivity index (χ1n) is 20.8. The third kappa shape index (κ3) is 5.88. The highest BCUT2D eigenvalue weighted by Gasteiger charge is 2.20. The van der Waals surface area contributed by atoms with Crippen LogP contribution in [0.25, 0.3) is 128 Å². The van der Waals surface area contributed by atoms with Crippen LogP contribution < -0.4 is 0 Å². The minimum Gasteiger partial charge on any atom is -0.436 e. The molecule has 0 amide bonds. The molecule has 63 heavy (non-hydrogen) atoms. The van der Waals surface area contributed by atoms with Crippen LogP contribution in [-0.4, -0.2) is 29.5 Å².